The molecule has 4 fully saturated rings. The van der Waals surface area contributed by atoms with E-state index in [4.69, 9.17) is 14.2 Å². The third-order valence-electron chi connectivity index (χ3n) is 12.4. The Morgan fingerprint density at radius 3 is 2.67 bits per heavy atom. The molecule has 15 nitrogen and oxygen atoms in total. The zero-order valence-electron chi connectivity index (χ0n) is 33.6. The van der Waals surface area contributed by atoms with Gasteiger partial charge >= 0.3 is 0 Å². The number of sulfonamides is 1. The zero-order chi connectivity index (χ0) is 41.6. The molecule has 2 aromatic heterocycles. The van der Waals surface area contributed by atoms with Crippen molar-refractivity contribution in [3.63, 3.8) is 0 Å². The summed E-state index contributed by atoms with van der Waals surface area (Å²) in [4.78, 5) is 37.3. The van der Waals surface area contributed by atoms with Gasteiger partial charge in [-0.25, -0.2) is 18.1 Å². The molecule has 5 aromatic rings. The van der Waals surface area contributed by atoms with E-state index < -0.39 is 31.4 Å². The van der Waals surface area contributed by atoms with Crippen molar-refractivity contribution in [2.24, 2.45) is 5.41 Å². The number of nitro benzene ring substituents is 1. The lowest BCUT2D eigenvalue weighted by atomic mass is 9.60. The molecule has 4 aliphatic rings. The van der Waals surface area contributed by atoms with Crippen molar-refractivity contribution in [1.29, 1.82) is 0 Å². The molecule has 322 valence electrons. The number of H-pyrrole nitrogens is 1. The van der Waals surface area contributed by atoms with Crippen LogP contribution in [-0.4, -0.2) is 92.3 Å². The second-order valence-electron chi connectivity index (χ2n) is 16.8. The highest BCUT2D eigenvalue weighted by Gasteiger charge is 2.55. The maximum Gasteiger partial charge on any atom is 0.293 e. The van der Waals surface area contributed by atoms with Crippen LogP contribution in [0.2, 0.25) is 0 Å². The van der Waals surface area contributed by atoms with Gasteiger partial charge in [-0.3, -0.25) is 19.8 Å². The number of benzene rings is 3. The molecule has 3 aromatic carbocycles. The summed E-state index contributed by atoms with van der Waals surface area (Å²) in [6.45, 7) is 8.84. The lowest BCUT2D eigenvalue weighted by Crippen LogP contribution is -2.66. The summed E-state index contributed by atoms with van der Waals surface area (Å²) in [5.41, 5.74) is 4.26. The van der Waals surface area contributed by atoms with E-state index in [0.29, 0.717) is 49.2 Å². The monoisotopic (exact) mass is 851 g/mol. The van der Waals surface area contributed by atoms with Crippen LogP contribution in [0.3, 0.4) is 0 Å². The number of carbonyl (C=O) groups excluding carboxylic acids is 1. The second kappa shape index (κ2) is 17.1. The van der Waals surface area contributed by atoms with E-state index in [1.54, 1.807) is 30.5 Å². The van der Waals surface area contributed by atoms with E-state index in [9.17, 15) is 23.3 Å². The predicted octanol–water partition coefficient (Wildman–Crippen LogP) is 7.77. The number of nitrogens with zero attached hydrogens (tertiary/aromatic N) is 4. The predicted molar refractivity (Wildman–Crippen MR) is 233 cm³/mol. The standard InChI is InChI=1S/C44H49N7O8S.CH4/c1-28(2)35-6-3-4-7-36(35)39-8-5-15-50(39)31-21-44(22-31)26-49(27-44)30-9-11-37(41(19-30)59-32-18-29-13-14-45-42(29)47-23-32)43(52)48-60(55,56)34-10-12-38(40(20-34)51(53)54)46-24-33-25-57-16-17-58-33;/h3-4,6-7,9-14,18-20,23,28,31,33,39,46H,5,8,15-17,21-22,24-27H2,1-2H3,(H,45,47)(H,48,52);1H4/t33-,39-;/m0./s1. The third kappa shape index (κ3) is 8.54. The lowest BCUT2D eigenvalue weighted by Gasteiger charge is -2.62. The van der Waals surface area contributed by atoms with Crippen molar-refractivity contribution in [3.8, 4) is 11.5 Å². The number of hydrogen-bond acceptors (Lipinski definition) is 12. The number of rotatable bonds is 13. The first-order valence-corrected chi connectivity index (χ1v) is 22.1. The van der Waals surface area contributed by atoms with Gasteiger partial charge in [0.15, 0.2) is 0 Å². The molecule has 1 amide bonds. The minimum Gasteiger partial charge on any atom is -0.455 e. The number of pyridine rings is 1. The molecule has 9 rings (SSSR count). The summed E-state index contributed by atoms with van der Waals surface area (Å²) < 4.78 is 46.7. The average molecular weight is 852 g/mol. The Kier molecular flexibility index (Phi) is 11.8. The molecule has 0 unspecified atom stereocenters. The Morgan fingerprint density at radius 2 is 1.90 bits per heavy atom. The molecule has 0 bridgehead atoms. The molecule has 5 heterocycles. The van der Waals surface area contributed by atoms with Crippen LogP contribution in [0.25, 0.3) is 11.0 Å². The van der Waals surface area contributed by atoms with Gasteiger partial charge in [-0.1, -0.05) is 45.5 Å². The molecule has 1 spiro atoms. The first-order chi connectivity index (χ1) is 28.9. The summed E-state index contributed by atoms with van der Waals surface area (Å²) in [5.74, 6) is 0.0362. The van der Waals surface area contributed by atoms with Gasteiger partial charge in [0.05, 0.1) is 47.5 Å². The fraction of sp³-hybridized carbons (Fsp3) is 0.422. The Morgan fingerprint density at radius 1 is 1.08 bits per heavy atom. The van der Waals surface area contributed by atoms with Crippen molar-refractivity contribution < 1.29 is 32.3 Å². The number of nitro groups is 1. The van der Waals surface area contributed by atoms with Gasteiger partial charge in [-0.15, -0.1) is 0 Å². The van der Waals surface area contributed by atoms with Crippen LogP contribution in [0.15, 0.2) is 90.1 Å². The van der Waals surface area contributed by atoms with Crippen molar-refractivity contribution >= 4 is 44.0 Å². The summed E-state index contributed by atoms with van der Waals surface area (Å²) in [5, 5.41) is 15.8. The molecule has 3 N–H and O–H groups in total. The average Bonchev–Trinajstić information content (AvgIpc) is 3.89. The summed E-state index contributed by atoms with van der Waals surface area (Å²) in [6, 6.07) is 22.1. The van der Waals surface area contributed by atoms with Crippen LogP contribution >= 0.6 is 0 Å². The van der Waals surface area contributed by atoms with Crippen LogP contribution in [-0.2, 0) is 19.5 Å². The number of amides is 1. The minimum atomic E-state index is -4.56. The summed E-state index contributed by atoms with van der Waals surface area (Å²) in [6.07, 6.45) is 7.64. The van der Waals surface area contributed by atoms with Gasteiger partial charge in [0.25, 0.3) is 21.6 Å². The topological polar surface area (TPSA) is 181 Å². The second-order valence-corrected chi connectivity index (χ2v) is 18.5. The summed E-state index contributed by atoms with van der Waals surface area (Å²) >= 11 is 0. The van der Waals surface area contributed by atoms with Crippen molar-refractivity contribution in [3.05, 3.63) is 112 Å². The van der Waals surface area contributed by atoms with Gasteiger partial charge in [0.1, 0.15) is 22.8 Å². The number of aromatic amines is 1. The number of anilines is 2. The molecule has 3 aliphatic heterocycles. The third-order valence-corrected chi connectivity index (χ3v) is 13.7. The van der Waals surface area contributed by atoms with E-state index in [2.05, 4.69) is 67.9 Å². The van der Waals surface area contributed by atoms with Crippen LogP contribution in [0.4, 0.5) is 17.1 Å². The highest BCUT2D eigenvalue weighted by atomic mass is 32.2. The van der Waals surface area contributed by atoms with Gasteiger partial charge in [-0.05, 0) is 85.7 Å². The molecule has 1 aliphatic carbocycles. The van der Waals surface area contributed by atoms with Crippen LogP contribution < -0.4 is 19.7 Å². The molecule has 3 saturated heterocycles. The van der Waals surface area contributed by atoms with E-state index >= 15 is 0 Å². The van der Waals surface area contributed by atoms with E-state index in [1.807, 2.05) is 6.07 Å². The quantitative estimate of drug-likeness (QED) is 0.0775. The molecule has 2 atom stereocenters. The maximum absolute atomic E-state index is 13.9. The van der Waals surface area contributed by atoms with Crippen LogP contribution in [0.5, 0.6) is 11.5 Å². The van der Waals surface area contributed by atoms with E-state index in [0.717, 1.165) is 49.6 Å². The molecule has 0 radical (unpaired) electrons. The molecular weight excluding hydrogens is 799 g/mol. The van der Waals surface area contributed by atoms with E-state index in [1.165, 1.54) is 42.3 Å². The van der Waals surface area contributed by atoms with Gasteiger partial charge in [-0.2, -0.15) is 0 Å². The molecule has 1 saturated carbocycles. The molecule has 61 heavy (non-hydrogen) atoms. The lowest BCUT2D eigenvalue weighted by molar-refractivity contribution is -0.384. The maximum atomic E-state index is 13.9. The summed E-state index contributed by atoms with van der Waals surface area (Å²) in [7, 11) is -4.56. The Labute approximate surface area is 356 Å². The number of likely N-dealkylation sites (tertiary alicyclic amines) is 1. The largest absolute Gasteiger partial charge is 0.455 e. The van der Waals surface area contributed by atoms with Crippen LogP contribution in [0, 0.1) is 15.5 Å². The fourth-order valence-electron chi connectivity index (χ4n) is 9.45. The van der Waals surface area contributed by atoms with Crippen molar-refractivity contribution in [1.82, 2.24) is 19.6 Å². The SMILES string of the molecule is C.CC(C)c1ccccc1[C@@H]1CCCN1C1CC2(C1)CN(c1ccc(C(=O)NS(=O)(=O)c3ccc(NC[C@H]4COCCO4)c([N+](=O)[O-])c3)c(Oc3cnc4[nH]ccc4c3)c1)C2. The number of aromatic nitrogens is 2. The van der Waals surface area contributed by atoms with Crippen molar-refractivity contribution in [2.45, 2.75) is 76.0 Å². The highest BCUT2D eigenvalue weighted by molar-refractivity contribution is 7.90. The Balaban J connectivity index is 0.00000514. The van der Waals surface area contributed by atoms with E-state index in [-0.39, 0.29) is 42.5 Å². The van der Waals surface area contributed by atoms with Gasteiger partial charge < -0.3 is 29.4 Å². The number of nitrogens with one attached hydrogen (secondary N) is 3. The number of fused-ring (bicyclic) bond motifs is 1. The Hall–Kier alpha value is -5.55. The zero-order valence-corrected chi connectivity index (χ0v) is 34.5. The number of ether oxygens (including phenoxy) is 3. The normalized spacial score (nSPS) is 20.2. The van der Waals surface area contributed by atoms with Gasteiger partial charge in [0.2, 0.25) is 0 Å². The number of hydrogen-bond donors (Lipinski definition) is 3. The highest BCUT2D eigenvalue weighted by Crippen LogP contribution is 2.54. The molecular formula is C45H53N7O8S. The minimum absolute atomic E-state index is 0. The van der Waals surface area contributed by atoms with Gasteiger partial charge in [0, 0.05) is 66.5 Å². The van der Waals surface area contributed by atoms with Crippen molar-refractivity contribution in [2.75, 3.05) is 56.2 Å². The van der Waals surface area contributed by atoms with Crippen LogP contribution in [0.1, 0.15) is 80.4 Å². The smallest absolute Gasteiger partial charge is 0.293 e. The fourth-order valence-corrected chi connectivity index (χ4v) is 10.4. The first-order valence-electron chi connectivity index (χ1n) is 20.6. The molecule has 16 heteroatoms. The first kappa shape index (κ1) is 42.2. The number of carbonyl (C=O) groups is 1. The Bertz CT molecular complexity index is 2530.